The molecule has 0 heterocycles. The monoisotopic (exact) mass is 309 g/mol. The average molecular weight is 309 g/mol. The smallest absolute Gasteiger partial charge is 0.171 e. The van der Waals surface area contributed by atoms with Gasteiger partial charge in [0.1, 0.15) is 23.2 Å². The molecule has 6 heteroatoms. The number of hydrogen-bond acceptors (Lipinski definition) is 3. The van der Waals surface area contributed by atoms with E-state index in [0.29, 0.717) is 5.56 Å². The number of nitrogens with two attached hydrogens (primary N) is 1. The number of ether oxygens (including phenoxy) is 2. The van der Waals surface area contributed by atoms with Crippen molar-refractivity contribution < 1.29 is 18.3 Å². The summed E-state index contributed by atoms with van der Waals surface area (Å²) in [5, 5.41) is 0. The highest BCUT2D eigenvalue weighted by Gasteiger charge is 2.10. The van der Waals surface area contributed by atoms with E-state index < -0.39 is 11.6 Å². The van der Waals surface area contributed by atoms with Crippen molar-refractivity contribution in [3.05, 3.63) is 59.2 Å². The van der Waals surface area contributed by atoms with Gasteiger partial charge >= 0.3 is 0 Å². The zero-order valence-electron chi connectivity index (χ0n) is 11.2. The number of hydrogen-bond donors (Lipinski definition) is 1. The quantitative estimate of drug-likeness (QED) is 0.862. The minimum absolute atomic E-state index is 0.0297. The highest BCUT2D eigenvalue weighted by atomic mass is 32.1. The van der Waals surface area contributed by atoms with Gasteiger partial charge in [-0.25, -0.2) is 8.78 Å². The molecule has 0 saturated heterocycles. The zero-order chi connectivity index (χ0) is 15.4. The van der Waals surface area contributed by atoms with Gasteiger partial charge in [-0.05, 0) is 18.2 Å². The lowest BCUT2D eigenvalue weighted by Gasteiger charge is -2.10. The van der Waals surface area contributed by atoms with Crippen molar-refractivity contribution in [3.63, 3.8) is 0 Å². The van der Waals surface area contributed by atoms with Crippen molar-refractivity contribution in [2.45, 2.75) is 6.61 Å². The van der Waals surface area contributed by atoms with Gasteiger partial charge < -0.3 is 15.2 Å². The Balaban J connectivity index is 2.14. The third-order valence-corrected chi connectivity index (χ3v) is 3.08. The molecule has 0 fully saturated rings. The van der Waals surface area contributed by atoms with E-state index in [1.54, 1.807) is 12.1 Å². The minimum atomic E-state index is -0.578. The van der Waals surface area contributed by atoms with Gasteiger partial charge in [-0.15, -0.1) is 0 Å². The Morgan fingerprint density at radius 2 is 2.00 bits per heavy atom. The van der Waals surface area contributed by atoms with Crippen LogP contribution in [0.5, 0.6) is 11.5 Å². The molecule has 21 heavy (non-hydrogen) atoms. The Kier molecular flexibility index (Phi) is 4.70. The molecule has 0 radical (unpaired) electrons. The standard InChI is InChI=1S/C15H13F2NO2S/c1-19-13-4-2-3-9(14(13)17)8-20-10-5-6-11(15(18)21)12(16)7-10/h2-7H,8H2,1H3,(H2,18,21). The average Bonchev–Trinajstić information content (AvgIpc) is 2.46. The van der Waals surface area contributed by atoms with Crippen LogP contribution in [-0.2, 0) is 6.61 Å². The van der Waals surface area contributed by atoms with Crippen molar-refractivity contribution in [1.82, 2.24) is 0 Å². The van der Waals surface area contributed by atoms with Crippen LogP contribution in [0.1, 0.15) is 11.1 Å². The van der Waals surface area contributed by atoms with E-state index in [0.717, 1.165) is 6.07 Å². The van der Waals surface area contributed by atoms with E-state index >= 15 is 0 Å². The van der Waals surface area contributed by atoms with E-state index in [-0.39, 0.29) is 28.7 Å². The van der Waals surface area contributed by atoms with Crippen LogP contribution in [0.3, 0.4) is 0 Å². The van der Waals surface area contributed by atoms with Gasteiger partial charge in [0.2, 0.25) is 0 Å². The van der Waals surface area contributed by atoms with E-state index in [2.05, 4.69) is 0 Å². The summed E-state index contributed by atoms with van der Waals surface area (Å²) in [6, 6.07) is 8.83. The van der Waals surface area contributed by atoms with Crippen molar-refractivity contribution in [2.75, 3.05) is 7.11 Å². The predicted molar refractivity (Wildman–Crippen MR) is 79.6 cm³/mol. The van der Waals surface area contributed by atoms with Crippen LogP contribution in [0.15, 0.2) is 36.4 Å². The number of rotatable bonds is 5. The summed E-state index contributed by atoms with van der Waals surface area (Å²) in [7, 11) is 1.38. The Labute approximate surface area is 126 Å². The van der Waals surface area contributed by atoms with Gasteiger partial charge in [0.25, 0.3) is 0 Å². The lowest BCUT2D eigenvalue weighted by atomic mass is 10.2. The van der Waals surface area contributed by atoms with Crippen molar-refractivity contribution in [3.8, 4) is 11.5 Å². The molecule has 0 spiro atoms. The highest BCUT2D eigenvalue weighted by Crippen LogP contribution is 2.22. The van der Waals surface area contributed by atoms with Gasteiger partial charge in [0.15, 0.2) is 11.6 Å². The topological polar surface area (TPSA) is 44.5 Å². The first kappa shape index (κ1) is 15.2. The second-order valence-corrected chi connectivity index (χ2v) is 4.67. The van der Waals surface area contributed by atoms with E-state index in [1.165, 1.54) is 25.3 Å². The maximum atomic E-state index is 13.9. The Hall–Kier alpha value is -2.21. The molecule has 0 amide bonds. The molecule has 2 rings (SSSR count). The van der Waals surface area contributed by atoms with Crippen LogP contribution in [0.2, 0.25) is 0 Å². The third-order valence-electron chi connectivity index (χ3n) is 2.86. The number of halogens is 2. The molecular formula is C15H13F2NO2S. The van der Waals surface area contributed by atoms with Gasteiger partial charge in [-0.3, -0.25) is 0 Å². The zero-order valence-corrected chi connectivity index (χ0v) is 12.0. The van der Waals surface area contributed by atoms with Crippen molar-refractivity contribution in [1.29, 1.82) is 0 Å². The first-order valence-electron chi connectivity index (χ1n) is 6.06. The SMILES string of the molecule is COc1cccc(COc2ccc(C(N)=S)c(F)c2)c1F. The molecule has 0 aromatic heterocycles. The fourth-order valence-corrected chi connectivity index (χ4v) is 1.94. The minimum Gasteiger partial charge on any atom is -0.494 e. The molecular weight excluding hydrogens is 296 g/mol. The molecule has 0 aliphatic rings. The summed E-state index contributed by atoms with van der Waals surface area (Å²) < 4.78 is 37.8. The van der Waals surface area contributed by atoms with E-state index in [9.17, 15) is 8.78 Å². The molecule has 0 unspecified atom stereocenters. The van der Waals surface area contributed by atoms with Crippen LogP contribution in [0, 0.1) is 11.6 Å². The lowest BCUT2D eigenvalue weighted by Crippen LogP contribution is -2.11. The van der Waals surface area contributed by atoms with Gasteiger partial charge in [0.05, 0.1) is 7.11 Å². The Bertz CT molecular complexity index is 677. The summed E-state index contributed by atoms with van der Waals surface area (Å²) in [4.78, 5) is -0.0297. The molecule has 3 nitrogen and oxygen atoms in total. The first-order valence-corrected chi connectivity index (χ1v) is 6.47. The van der Waals surface area contributed by atoms with Crippen LogP contribution >= 0.6 is 12.2 Å². The summed E-state index contributed by atoms with van der Waals surface area (Å²) in [5.74, 6) is -0.688. The fourth-order valence-electron chi connectivity index (χ4n) is 1.77. The summed E-state index contributed by atoms with van der Waals surface area (Å²) in [6.07, 6.45) is 0. The van der Waals surface area contributed by atoms with Gasteiger partial charge in [0, 0.05) is 17.2 Å². The van der Waals surface area contributed by atoms with E-state index in [1.807, 2.05) is 0 Å². The van der Waals surface area contributed by atoms with Crippen LogP contribution < -0.4 is 15.2 Å². The second-order valence-electron chi connectivity index (χ2n) is 4.23. The second kappa shape index (κ2) is 6.49. The molecule has 0 aliphatic heterocycles. The molecule has 0 bridgehead atoms. The van der Waals surface area contributed by atoms with Gasteiger partial charge in [-0.2, -0.15) is 0 Å². The molecule has 2 aromatic carbocycles. The van der Waals surface area contributed by atoms with Gasteiger partial charge in [-0.1, -0.05) is 24.4 Å². The molecule has 0 saturated carbocycles. The number of thiocarbonyl (C=S) groups is 1. The van der Waals surface area contributed by atoms with Crippen molar-refractivity contribution in [2.24, 2.45) is 5.73 Å². The number of methoxy groups -OCH3 is 1. The lowest BCUT2D eigenvalue weighted by molar-refractivity contribution is 0.294. The Morgan fingerprint density at radius 3 is 2.62 bits per heavy atom. The van der Waals surface area contributed by atoms with Crippen LogP contribution in [-0.4, -0.2) is 12.1 Å². The summed E-state index contributed by atoms with van der Waals surface area (Å²) in [5.41, 5.74) is 5.83. The van der Waals surface area contributed by atoms with Crippen LogP contribution in [0.25, 0.3) is 0 Å². The summed E-state index contributed by atoms with van der Waals surface area (Å²) >= 11 is 4.71. The van der Waals surface area contributed by atoms with Crippen molar-refractivity contribution >= 4 is 17.2 Å². The normalized spacial score (nSPS) is 10.2. The first-order chi connectivity index (χ1) is 10.0. The molecule has 0 aliphatic carbocycles. The third kappa shape index (κ3) is 3.46. The molecule has 110 valence electrons. The largest absolute Gasteiger partial charge is 0.494 e. The van der Waals surface area contributed by atoms with E-state index in [4.69, 9.17) is 27.4 Å². The fraction of sp³-hybridized carbons (Fsp3) is 0.133. The molecule has 0 atom stereocenters. The maximum absolute atomic E-state index is 13.9. The maximum Gasteiger partial charge on any atom is 0.171 e. The Morgan fingerprint density at radius 1 is 1.24 bits per heavy atom. The highest BCUT2D eigenvalue weighted by molar-refractivity contribution is 7.80. The molecule has 2 N–H and O–H groups in total. The number of benzene rings is 2. The molecule has 2 aromatic rings. The summed E-state index contributed by atoms with van der Waals surface area (Å²) in [6.45, 7) is -0.0467. The van der Waals surface area contributed by atoms with Crippen LogP contribution in [0.4, 0.5) is 8.78 Å². The predicted octanol–water partition coefficient (Wildman–Crippen LogP) is 3.19.